The van der Waals surface area contributed by atoms with Gasteiger partial charge in [-0.15, -0.1) is 0 Å². The minimum absolute atomic E-state index is 0.585. The van der Waals surface area contributed by atoms with Crippen molar-refractivity contribution in [3.63, 3.8) is 0 Å². The first-order valence-electron chi connectivity index (χ1n) is 12.9. The molecule has 0 spiro atoms. The van der Waals surface area contributed by atoms with E-state index >= 15 is 0 Å². The van der Waals surface area contributed by atoms with Gasteiger partial charge in [0.1, 0.15) is 5.69 Å². The molecule has 3 aromatic carbocycles. The molecule has 0 N–H and O–H groups in total. The van der Waals surface area contributed by atoms with Gasteiger partial charge in [0.2, 0.25) is 0 Å². The van der Waals surface area contributed by atoms with Gasteiger partial charge < -0.3 is 4.57 Å². The summed E-state index contributed by atoms with van der Waals surface area (Å²) in [5.74, 6) is 1.55. The number of fused-ring (bicyclic) bond motifs is 4. The smallest absolute Gasteiger partial charge is 0.159 e. The van der Waals surface area contributed by atoms with E-state index in [9.17, 15) is 0 Å². The summed E-state index contributed by atoms with van der Waals surface area (Å²) in [5, 5.41) is 0. The average molecular weight is 537 g/mol. The molecule has 1 aliphatic carbocycles. The van der Waals surface area contributed by atoms with Crippen molar-refractivity contribution in [3.8, 4) is 22.6 Å². The number of hydrogen-bond donors (Lipinski definition) is 0. The molecule has 6 rings (SSSR count). The molecule has 5 aromatic rings. The van der Waals surface area contributed by atoms with Crippen LogP contribution in [0.15, 0.2) is 89.5 Å². The molecule has 3 nitrogen and oxygen atoms in total. The van der Waals surface area contributed by atoms with Gasteiger partial charge in [-0.3, -0.25) is 4.98 Å². The molecule has 0 saturated carbocycles. The van der Waals surface area contributed by atoms with Crippen molar-refractivity contribution in [1.29, 1.82) is 0 Å². The van der Waals surface area contributed by atoms with E-state index in [1.807, 2.05) is 18.3 Å². The van der Waals surface area contributed by atoms with Crippen LogP contribution in [0.25, 0.3) is 33.7 Å². The van der Waals surface area contributed by atoms with Crippen LogP contribution in [-0.2, 0) is 13.0 Å². The molecule has 1 atom stereocenters. The second-order valence-electron chi connectivity index (χ2n) is 9.91. The first kappa shape index (κ1) is 23.2. The summed E-state index contributed by atoms with van der Waals surface area (Å²) in [7, 11) is 0. The fourth-order valence-electron chi connectivity index (χ4n) is 5.71. The SMILES string of the molecule is Cc1ccc2c(c1)-c1cc(Br)ccc1CCC2CCCCn1c(-c2ccccn2)nc2ccccc21. The monoisotopic (exact) mass is 535 g/mol. The number of nitrogens with zero attached hydrogens (tertiary/aromatic N) is 3. The largest absolute Gasteiger partial charge is 0.323 e. The molecule has 36 heavy (non-hydrogen) atoms. The van der Waals surface area contributed by atoms with Crippen LogP contribution in [0.5, 0.6) is 0 Å². The molecule has 0 amide bonds. The van der Waals surface area contributed by atoms with Crippen LogP contribution in [0.4, 0.5) is 0 Å². The maximum Gasteiger partial charge on any atom is 0.159 e. The number of aryl methyl sites for hydroxylation is 3. The van der Waals surface area contributed by atoms with Gasteiger partial charge in [-0.25, -0.2) is 4.98 Å². The number of hydrogen-bond acceptors (Lipinski definition) is 2. The van der Waals surface area contributed by atoms with Crippen LogP contribution in [-0.4, -0.2) is 14.5 Å². The Balaban J connectivity index is 1.22. The van der Waals surface area contributed by atoms with E-state index in [4.69, 9.17) is 4.98 Å². The van der Waals surface area contributed by atoms with Crippen LogP contribution in [0.3, 0.4) is 0 Å². The standard InChI is InChI=1S/C32H30BrN3/c1-22-12-17-26-23(13-14-24-15-16-25(33)21-27(24)28(26)20-22)8-5-7-19-36-31-11-3-2-9-29(31)35-32(36)30-10-4-6-18-34-30/h2-4,6,9-12,15-18,20-21,23H,5,7-8,13-14,19H2,1H3. The number of aromatic nitrogens is 3. The highest BCUT2D eigenvalue weighted by Gasteiger charge is 2.22. The number of halogens is 1. The second kappa shape index (κ2) is 10.0. The summed E-state index contributed by atoms with van der Waals surface area (Å²) < 4.78 is 3.51. The molecule has 0 fully saturated rings. The van der Waals surface area contributed by atoms with Gasteiger partial charge in [-0.1, -0.05) is 70.4 Å². The molecule has 0 aliphatic heterocycles. The molecule has 0 radical (unpaired) electrons. The highest BCUT2D eigenvalue weighted by atomic mass is 79.9. The van der Waals surface area contributed by atoms with Crippen molar-refractivity contribution < 1.29 is 0 Å². The van der Waals surface area contributed by atoms with Gasteiger partial charge in [0.15, 0.2) is 5.82 Å². The third-order valence-electron chi connectivity index (χ3n) is 7.51. The van der Waals surface area contributed by atoms with Crippen molar-refractivity contribution in [2.45, 2.75) is 51.5 Å². The highest BCUT2D eigenvalue weighted by Crippen LogP contribution is 2.41. The minimum atomic E-state index is 0.585. The zero-order chi connectivity index (χ0) is 24.5. The van der Waals surface area contributed by atoms with Crippen molar-refractivity contribution in [2.75, 3.05) is 0 Å². The fourth-order valence-corrected chi connectivity index (χ4v) is 6.08. The molecule has 4 heteroatoms. The van der Waals surface area contributed by atoms with E-state index in [2.05, 4.69) is 99.1 Å². The van der Waals surface area contributed by atoms with Crippen LogP contribution in [0.2, 0.25) is 0 Å². The van der Waals surface area contributed by atoms with Crippen molar-refractivity contribution in [1.82, 2.24) is 14.5 Å². The summed E-state index contributed by atoms with van der Waals surface area (Å²) in [5.41, 5.74) is 10.3. The first-order valence-corrected chi connectivity index (χ1v) is 13.7. The molecule has 2 heterocycles. The lowest BCUT2D eigenvalue weighted by Gasteiger charge is -2.19. The van der Waals surface area contributed by atoms with Gasteiger partial charge in [0, 0.05) is 17.2 Å². The molecule has 0 bridgehead atoms. The maximum atomic E-state index is 4.93. The van der Waals surface area contributed by atoms with Crippen LogP contribution in [0.1, 0.15) is 48.3 Å². The Hall–Kier alpha value is -3.24. The van der Waals surface area contributed by atoms with Gasteiger partial charge >= 0.3 is 0 Å². The summed E-state index contributed by atoms with van der Waals surface area (Å²) >= 11 is 3.70. The Bertz CT molecular complexity index is 1520. The Labute approximate surface area is 221 Å². The quantitative estimate of drug-likeness (QED) is 0.203. The van der Waals surface area contributed by atoms with Crippen LogP contribution >= 0.6 is 15.9 Å². The number of unbranched alkanes of at least 4 members (excludes halogenated alkanes) is 1. The second-order valence-corrected chi connectivity index (χ2v) is 10.8. The number of para-hydroxylation sites is 2. The maximum absolute atomic E-state index is 4.93. The third-order valence-corrected chi connectivity index (χ3v) is 8.00. The van der Waals surface area contributed by atoms with Crippen molar-refractivity contribution >= 4 is 27.0 Å². The van der Waals surface area contributed by atoms with Crippen LogP contribution in [0, 0.1) is 6.92 Å². The predicted molar refractivity (Wildman–Crippen MR) is 152 cm³/mol. The van der Waals surface area contributed by atoms with E-state index in [1.54, 1.807) is 0 Å². The van der Waals surface area contributed by atoms with E-state index in [0.717, 1.165) is 40.9 Å². The summed E-state index contributed by atoms with van der Waals surface area (Å²) in [6.07, 6.45) is 7.70. The van der Waals surface area contributed by atoms with E-state index in [0.29, 0.717) is 5.92 Å². The normalized spacial score (nSPS) is 14.9. The number of rotatable bonds is 6. The molecule has 0 saturated heterocycles. The average Bonchev–Trinajstić information content (AvgIpc) is 3.21. The van der Waals surface area contributed by atoms with Crippen LogP contribution < -0.4 is 0 Å². The van der Waals surface area contributed by atoms with Crippen molar-refractivity contribution in [3.05, 3.63) is 106 Å². The Kier molecular flexibility index (Phi) is 6.45. The summed E-state index contributed by atoms with van der Waals surface area (Å²) in [6, 6.07) is 28.3. The lowest BCUT2D eigenvalue weighted by molar-refractivity contribution is 0.519. The molecular formula is C32H30BrN3. The van der Waals surface area contributed by atoms with Gasteiger partial charge in [0.25, 0.3) is 0 Å². The zero-order valence-corrected chi connectivity index (χ0v) is 22.2. The Morgan fingerprint density at radius 2 is 1.81 bits per heavy atom. The zero-order valence-electron chi connectivity index (χ0n) is 20.6. The van der Waals surface area contributed by atoms with E-state index < -0.39 is 0 Å². The molecule has 180 valence electrons. The topological polar surface area (TPSA) is 30.7 Å². The van der Waals surface area contributed by atoms with Gasteiger partial charge in [-0.2, -0.15) is 0 Å². The summed E-state index contributed by atoms with van der Waals surface area (Å²) in [6.45, 7) is 3.15. The third kappa shape index (κ3) is 4.51. The number of imidazole rings is 1. The first-order chi connectivity index (χ1) is 17.7. The molecular weight excluding hydrogens is 506 g/mol. The van der Waals surface area contributed by atoms with Crippen molar-refractivity contribution in [2.24, 2.45) is 0 Å². The number of benzene rings is 3. The summed E-state index contributed by atoms with van der Waals surface area (Å²) in [4.78, 5) is 9.52. The highest BCUT2D eigenvalue weighted by molar-refractivity contribution is 9.10. The molecule has 1 aliphatic rings. The van der Waals surface area contributed by atoms with E-state index in [-0.39, 0.29) is 0 Å². The van der Waals surface area contributed by atoms with Gasteiger partial charge in [-0.05, 0) is 97.2 Å². The lowest BCUT2D eigenvalue weighted by Crippen LogP contribution is -2.04. The Morgan fingerprint density at radius 1 is 0.917 bits per heavy atom. The minimum Gasteiger partial charge on any atom is -0.323 e. The van der Waals surface area contributed by atoms with E-state index in [1.165, 1.54) is 52.6 Å². The van der Waals surface area contributed by atoms with Gasteiger partial charge in [0.05, 0.1) is 11.0 Å². The lowest BCUT2D eigenvalue weighted by atomic mass is 9.87. The molecule has 1 unspecified atom stereocenters. The molecule has 2 aromatic heterocycles. The number of pyridine rings is 1. The predicted octanol–water partition coefficient (Wildman–Crippen LogP) is 8.74. The Morgan fingerprint density at radius 3 is 2.69 bits per heavy atom. The fraction of sp³-hybridized carbons (Fsp3) is 0.250.